The highest BCUT2D eigenvalue weighted by Gasteiger charge is 2.01. The zero-order valence-corrected chi connectivity index (χ0v) is 18.2. The van der Waals surface area contributed by atoms with Gasteiger partial charge in [0.15, 0.2) is 0 Å². The average Bonchev–Trinajstić information content (AvgIpc) is 2.66. The Balaban J connectivity index is 1.35. The van der Waals surface area contributed by atoms with E-state index in [4.69, 9.17) is 0 Å². The maximum absolute atomic E-state index is 9.49. The molecule has 0 aromatic heterocycles. The highest BCUT2D eigenvalue weighted by Crippen LogP contribution is 2.23. The largest absolute Gasteiger partial charge is 0.508 e. The molecule has 0 spiro atoms. The monoisotopic (exact) mass is 414 g/mol. The maximum atomic E-state index is 9.49. The van der Waals surface area contributed by atoms with E-state index < -0.39 is 0 Å². The summed E-state index contributed by atoms with van der Waals surface area (Å²) >= 11 is 0. The lowest BCUT2D eigenvalue weighted by Crippen LogP contribution is -1.87. The molecule has 0 bridgehead atoms. The first-order valence-electron chi connectivity index (χ1n) is 11.6. The van der Waals surface area contributed by atoms with Crippen LogP contribution in [0.15, 0.2) is 36.4 Å². The Labute approximate surface area is 181 Å². The molecule has 0 saturated carbocycles. The van der Waals surface area contributed by atoms with Crippen molar-refractivity contribution in [3.05, 3.63) is 47.5 Å². The number of rotatable bonds is 15. The fraction of sp³-hybridized carbons (Fsp3) is 0.538. The maximum Gasteiger partial charge on any atom is 0.119 e. The SMILES string of the molecule is Oc1cc(O)cc(CCCCCCCCCCCCCCc2cc(O)cc(O)c2)c1. The predicted molar refractivity (Wildman–Crippen MR) is 122 cm³/mol. The van der Waals surface area contributed by atoms with Crippen molar-refractivity contribution < 1.29 is 20.4 Å². The summed E-state index contributed by atoms with van der Waals surface area (Å²) in [6, 6.07) is 9.67. The van der Waals surface area contributed by atoms with Gasteiger partial charge in [-0.3, -0.25) is 0 Å². The Kier molecular flexibility index (Phi) is 11.0. The van der Waals surface area contributed by atoms with Crippen molar-refractivity contribution in [2.24, 2.45) is 0 Å². The van der Waals surface area contributed by atoms with E-state index in [0.717, 1.165) is 36.8 Å². The second kappa shape index (κ2) is 13.8. The van der Waals surface area contributed by atoms with Crippen molar-refractivity contribution in [1.29, 1.82) is 0 Å². The summed E-state index contributed by atoms with van der Waals surface area (Å²) in [7, 11) is 0. The topological polar surface area (TPSA) is 80.9 Å². The summed E-state index contributed by atoms with van der Waals surface area (Å²) in [5, 5.41) is 37.9. The smallest absolute Gasteiger partial charge is 0.119 e. The Bertz CT molecular complexity index is 638. The highest BCUT2D eigenvalue weighted by atomic mass is 16.3. The van der Waals surface area contributed by atoms with Gasteiger partial charge in [0.1, 0.15) is 23.0 Å². The van der Waals surface area contributed by atoms with Gasteiger partial charge in [0.05, 0.1) is 0 Å². The Morgan fingerprint density at radius 2 is 0.567 bits per heavy atom. The van der Waals surface area contributed by atoms with Crippen molar-refractivity contribution in [2.45, 2.75) is 89.9 Å². The molecule has 0 aliphatic carbocycles. The van der Waals surface area contributed by atoms with Gasteiger partial charge in [-0.25, -0.2) is 0 Å². The number of phenolic OH excluding ortho intramolecular Hbond substituents is 4. The third kappa shape index (κ3) is 10.4. The van der Waals surface area contributed by atoms with Crippen LogP contribution in [0.25, 0.3) is 0 Å². The summed E-state index contributed by atoms with van der Waals surface area (Å²) in [4.78, 5) is 0. The van der Waals surface area contributed by atoms with E-state index in [-0.39, 0.29) is 23.0 Å². The van der Waals surface area contributed by atoms with Crippen LogP contribution in [0.2, 0.25) is 0 Å². The number of unbranched alkanes of at least 4 members (excludes halogenated alkanes) is 11. The van der Waals surface area contributed by atoms with Gasteiger partial charge in [0, 0.05) is 12.1 Å². The van der Waals surface area contributed by atoms with E-state index in [1.165, 1.54) is 76.3 Å². The number of hydrogen-bond donors (Lipinski definition) is 4. The van der Waals surface area contributed by atoms with Gasteiger partial charge in [0.2, 0.25) is 0 Å². The molecule has 2 aromatic rings. The molecule has 0 unspecified atom stereocenters. The molecule has 2 aromatic carbocycles. The molecule has 0 heterocycles. The van der Waals surface area contributed by atoms with Crippen LogP contribution in [-0.2, 0) is 12.8 Å². The zero-order chi connectivity index (χ0) is 21.6. The van der Waals surface area contributed by atoms with Crippen LogP contribution in [0.1, 0.15) is 88.2 Å². The van der Waals surface area contributed by atoms with Crippen LogP contribution in [0.4, 0.5) is 0 Å². The molecule has 0 radical (unpaired) electrons. The molecule has 30 heavy (non-hydrogen) atoms. The Morgan fingerprint density at radius 3 is 0.833 bits per heavy atom. The first-order valence-corrected chi connectivity index (χ1v) is 11.6. The van der Waals surface area contributed by atoms with Crippen LogP contribution in [0.5, 0.6) is 23.0 Å². The summed E-state index contributed by atoms with van der Waals surface area (Å²) in [6.07, 6.45) is 16.8. The molecule has 0 saturated heterocycles. The number of aromatic hydroxyl groups is 4. The first-order chi connectivity index (χ1) is 14.5. The molecule has 4 nitrogen and oxygen atoms in total. The molecule has 4 N–H and O–H groups in total. The molecule has 0 aliphatic rings. The molecule has 4 heteroatoms. The quantitative estimate of drug-likeness (QED) is 0.237. The van der Waals surface area contributed by atoms with E-state index in [9.17, 15) is 20.4 Å². The Hall–Kier alpha value is -2.36. The summed E-state index contributed by atoms with van der Waals surface area (Å²) in [5.41, 5.74) is 2.01. The lowest BCUT2D eigenvalue weighted by Gasteiger charge is -2.05. The second-order valence-electron chi connectivity index (χ2n) is 8.46. The number of benzene rings is 2. The third-order valence-corrected chi connectivity index (χ3v) is 5.61. The minimum absolute atomic E-state index is 0.141. The second-order valence-corrected chi connectivity index (χ2v) is 8.46. The lowest BCUT2D eigenvalue weighted by atomic mass is 10.0. The van der Waals surface area contributed by atoms with Gasteiger partial charge in [0.25, 0.3) is 0 Å². The van der Waals surface area contributed by atoms with Crippen LogP contribution < -0.4 is 0 Å². The minimum atomic E-state index is 0.141. The fourth-order valence-electron chi connectivity index (χ4n) is 4.03. The van der Waals surface area contributed by atoms with E-state index in [1.807, 2.05) is 0 Å². The van der Waals surface area contributed by atoms with E-state index >= 15 is 0 Å². The van der Waals surface area contributed by atoms with E-state index in [2.05, 4.69) is 0 Å². The number of hydrogen-bond acceptors (Lipinski definition) is 4. The number of phenols is 4. The van der Waals surface area contributed by atoms with Crippen molar-refractivity contribution >= 4 is 0 Å². The van der Waals surface area contributed by atoms with Crippen LogP contribution >= 0.6 is 0 Å². The molecule has 0 aliphatic heterocycles. The molecule has 0 atom stereocenters. The molecular weight excluding hydrogens is 376 g/mol. The van der Waals surface area contributed by atoms with Gasteiger partial charge >= 0.3 is 0 Å². The average molecular weight is 415 g/mol. The fourth-order valence-corrected chi connectivity index (χ4v) is 4.03. The Morgan fingerprint density at radius 1 is 0.333 bits per heavy atom. The van der Waals surface area contributed by atoms with Crippen LogP contribution in [0, 0.1) is 0 Å². The van der Waals surface area contributed by atoms with E-state index in [0.29, 0.717) is 0 Å². The summed E-state index contributed by atoms with van der Waals surface area (Å²) in [5.74, 6) is 0.562. The standard InChI is InChI=1S/C26H38O4/c27-23-15-21(16-24(28)19-23)13-11-9-7-5-3-1-2-4-6-8-10-12-14-22-17-25(29)20-26(30)18-22/h15-20,27-30H,1-14H2. The summed E-state index contributed by atoms with van der Waals surface area (Å²) < 4.78 is 0. The van der Waals surface area contributed by atoms with Crippen molar-refractivity contribution in [1.82, 2.24) is 0 Å². The zero-order valence-electron chi connectivity index (χ0n) is 18.2. The van der Waals surface area contributed by atoms with Crippen molar-refractivity contribution in [3.8, 4) is 23.0 Å². The predicted octanol–water partition coefficient (Wildman–Crippen LogP) is 6.98. The molecule has 0 fully saturated rings. The number of aryl methyl sites for hydroxylation is 2. The van der Waals surface area contributed by atoms with Gasteiger partial charge in [-0.1, -0.05) is 64.2 Å². The molecule has 0 amide bonds. The lowest BCUT2D eigenvalue weighted by molar-refractivity contribution is 0.447. The van der Waals surface area contributed by atoms with Crippen molar-refractivity contribution in [3.63, 3.8) is 0 Å². The van der Waals surface area contributed by atoms with Crippen molar-refractivity contribution in [2.75, 3.05) is 0 Å². The van der Waals surface area contributed by atoms with Crippen LogP contribution in [0.3, 0.4) is 0 Å². The molecule has 166 valence electrons. The molecular formula is C26H38O4. The van der Waals surface area contributed by atoms with Gasteiger partial charge < -0.3 is 20.4 Å². The highest BCUT2D eigenvalue weighted by molar-refractivity contribution is 5.37. The van der Waals surface area contributed by atoms with Gasteiger partial charge in [-0.2, -0.15) is 0 Å². The third-order valence-electron chi connectivity index (χ3n) is 5.61. The first kappa shape index (κ1) is 23.9. The minimum Gasteiger partial charge on any atom is -0.508 e. The molecule has 2 rings (SSSR count). The van der Waals surface area contributed by atoms with Crippen LogP contribution in [-0.4, -0.2) is 20.4 Å². The normalized spacial score (nSPS) is 11.1. The van der Waals surface area contributed by atoms with Gasteiger partial charge in [-0.15, -0.1) is 0 Å². The van der Waals surface area contributed by atoms with E-state index in [1.54, 1.807) is 24.3 Å². The van der Waals surface area contributed by atoms with Gasteiger partial charge in [-0.05, 0) is 61.1 Å². The summed E-state index contributed by atoms with van der Waals surface area (Å²) in [6.45, 7) is 0.